The number of hydrogen-bond acceptors (Lipinski definition) is 6. The number of rotatable bonds is 6. The number of nitrogen functional groups attached to an aromatic ring is 1. The summed E-state index contributed by atoms with van der Waals surface area (Å²) < 4.78 is 7.85. The minimum Gasteiger partial charge on any atom is -0.457 e. The smallest absolute Gasteiger partial charge is 0.288 e. The monoisotopic (exact) mass is 520 g/mol. The number of anilines is 1. The Morgan fingerprint density at radius 3 is 2.56 bits per heavy atom. The lowest BCUT2D eigenvalue weighted by atomic mass is 10.0. The van der Waals surface area contributed by atoms with Crippen molar-refractivity contribution in [3.63, 3.8) is 0 Å². The molecule has 1 saturated heterocycles. The summed E-state index contributed by atoms with van der Waals surface area (Å²) in [4.78, 5) is 27.9. The zero-order valence-corrected chi connectivity index (χ0v) is 21.3. The number of piperidine rings is 1. The minimum atomic E-state index is -0.343. The number of ether oxygens (including phenoxy) is 1. The fourth-order valence-electron chi connectivity index (χ4n) is 5.26. The lowest BCUT2D eigenvalue weighted by Crippen LogP contribution is -2.41. The van der Waals surface area contributed by atoms with Crippen LogP contribution in [-0.4, -0.2) is 38.7 Å². The zero-order valence-electron chi connectivity index (χ0n) is 21.3. The summed E-state index contributed by atoms with van der Waals surface area (Å²) in [5.41, 5.74) is 8.23. The predicted molar refractivity (Wildman–Crippen MR) is 148 cm³/mol. The molecule has 1 unspecified atom stereocenters. The highest BCUT2D eigenvalue weighted by Crippen LogP contribution is 2.37. The highest BCUT2D eigenvalue weighted by Gasteiger charge is 2.30. The van der Waals surface area contributed by atoms with Gasteiger partial charge in [-0.3, -0.25) is 9.59 Å². The summed E-state index contributed by atoms with van der Waals surface area (Å²) in [6.07, 6.45) is 7.32. The molecule has 2 aromatic heterocycles. The second-order valence-corrected chi connectivity index (χ2v) is 10.1. The van der Waals surface area contributed by atoms with Crippen molar-refractivity contribution < 1.29 is 9.53 Å². The van der Waals surface area contributed by atoms with E-state index in [0.717, 1.165) is 42.6 Å². The van der Waals surface area contributed by atoms with Crippen molar-refractivity contribution in [2.75, 3.05) is 18.8 Å². The van der Waals surface area contributed by atoms with Crippen molar-refractivity contribution >= 4 is 22.6 Å². The van der Waals surface area contributed by atoms with Gasteiger partial charge in [-0.1, -0.05) is 36.4 Å². The Labute approximate surface area is 225 Å². The first kappa shape index (κ1) is 24.5. The number of hydrogen-bond donors (Lipinski definition) is 2. The quantitative estimate of drug-likeness (QED) is 0.278. The van der Waals surface area contributed by atoms with Crippen LogP contribution in [0.25, 0.3) is 22.0 Å². The van der Waals surface area contributed by atoms with Crippen molar-refractivity contribution in [2.45, 2.75) is 31.7 Å². The molecule has 196 valence electrons. The van der Waals surface area contributed by atoms with Crippen LogP contribution in [0.1, 0.15) is 31.7 Å². The van der Waals surface area contributed by atoms with E-state index in [2.05, 4.69) is 16.3 Å². The Morgan fingerprint density at radius 1 is 1.10 bits per heavy atom. The van der Waals surface area contributed by atoms with Crippen molar-refractivity contribution in [1.29, 1.82) is 5.26 Å². The number of allylic oxidation sites excluding steroid dienone is 1. The molecule has 1 aliphatic carbocycles. The largest absolute Gasteiger partial charge is 0.457 e. The highest BCUT2D eigenvalue weighted by atomic mass is 16.5. The molecule has 9 nitrogen and oxygen atoms in total. The molecule has 0 radical (unpaired) electrons. The van der Waals surface area contributed by atoms with Gasteiger partial charge in [-0.2, -0.15) is 10.4 Å². The van der Waals surface area contributed by atoms with Gasteiger partial charge in [-0.05, 0) is 61.4 Å². The maximum absolute atomic E-state index is 13.2. The van der Waals surface area contributed by atoms with Gasteiger partial charge in [0.25, 0.3) is 11.5 Å². The number of para-hydroxylation sites is 1. The number of fused-ring (bicyclic) bond motifs is 1. The van der Waals surface area contributed by atoms with Gasteiger partial charge in [0.05, 0.1) is 11.4 Å². The molecular formula is C30H28N6O3. The second-order valence-electron chi connectivity index (χ2n) is 10.1. The van der Waals surface area contributed by atoms with Crippen LogP contribution in [0.15, 0.2) is 77.2 Å². The molecule has 6 rings (SSSR count). The fraction of sp³-hybridized carbons (Fsp3) is 0.267. The third-order valence-corrected chi connectivity index (χ3v) is 7.38. The number of carbonyl (C=O) groups excluding carboxylic acids is 1. The summed E-state index contributed by atoms with van der Waals surface area (Å²) in [6.45, 7) is 0.977. The number of aromatic amines is 1. The van der Waals surface area contributed by atoms with Crippen LogP contribution >= 0.6 is 0 Å². The normalized spacial score (nSPS) is 17.7. The number of nitriles is 1. The van der Waals surface area contributed by atoms with Crippen molar-refractivity contribution in [3.8, 4) is 28.7 Å². The standard InChI is InChI=1S/C30H28N6O3/c31-16-21(15-19-8-9-19)30(38)35-14-4-5-22(17-35)36-18-25(26-27(36)29(37)34-33-28(26)32)20-10-12-24(13-11-20)39-23-6-2-1-3-7-23/h1-3,6-7,10-13,15,18-19,22H,4-5,8-9,14,17H2,(H2,32,33)(H,34,37)/b21-15+. The van der Waals surface area contributed by atoms with Gasteiger partial charge < -0.3 is 19.9 Å². The summed E-state index contributed by atoms with van der Waals surface area (Å²) in [5.74, 6) is 1.75. The average Bonchev–Trinajstić information content (AvgIpc) is 3.70. The first-order valence-corrected chi connectivity index (χ1v) is 13.1. The molecular weight excluding hydrogens is 492 g/mol. The molecule has 0 spiro atoms. The summed E-state index contributed by atoms with van der Waals surface area (Å²) in [7, 11) is 0. The van der Waals surface area contributed by atoms with Gasteiger partial charge in [-0.25, -0.2) is 5.10 Å². The van der Waals surface area contributed by atoms with E-state index in [4.69, 9.17) is 10.5 Å². The Kier molecular flexibility index (Phi) is 6.37. The van der Waals surface area contributed by atoms with E-state index >= 15 is 0 Å². The molecule has 2 aromatic carbocycles. The Hall–Kier alpha value is -4.84. The number of aromatic nitrogens is 3. The van der Waals surface area contributed by atoms with Gasteiger partial charge in [0.15, 0.2) is 5.82 Å². The van der Waals surface area contributed by atoms with Crippen LogP contribution in [0.5, 0.6) is 11.5 Å². The van der Waals surface area contributed by atoms with Crippen LogP contribution in [0.4, 0.5) is 5.82 Å². The topological polar surface area (TPSA) is 130 Å². The number of carbonyl (C=O) groups is 1. The number of nitrogens with zero attached hydrogens (tertiary/aromatic N) is 4. The van der Waals surface area contributed by atoms with E-state index in [1.807, 2.05) is 65.4 Å². The van der Waals surface area contributed by atoms with Crippen LogP contribution < -0.4 is 16.0 Å². The molecule has 39 heavy (non-hydrogen) atoms. The van der Waals surface area contributed by atoms with Gasteiger partial charge in [0.2, 0.25) is 0 Å². The fourth-order valence-corrected chi connectivity index (χ4v) is 5.26. The van der Waals surface area contributed by atoms with Gasteiger partial charge in [0, 0.05) is 24.8 Å². The highest BCUT2D eigenvalue weighted by molar-refractivity contribution is 6.02. The van der Waals surface area contributed by atoms with Crippen LogP contribution in [0, 0.1) is 17.2 Å². The lowest BCUT2D eigenvalue weighted by molar-refractivity contribution is -0.128. The molecule has 1 atom stereocenters. The summed E-state index contributed by atoms with van der Waals surface area (Å²) in [6, 6.07) is 19.1. The first-order chi connectivity index (χ1) is 19.0. The summed E-state index contributed by atoms with van der Waals surface area (Å²) in [5, 5.41) is 16.7. The SMILES string of the molecule is N#C/C(=C\C1CC1)C(=O)N1CCCC(n2cc(-c3ccc(Oc4ccccc4)cc3)c3c(N)n[nH]c(=O)c32)C1. The van der Waals surface area contributed by atoms with E-state index in [-0.39, 0.29) is 28.9 Å². The number of likely N-dealkylation sites (tertiary alicyclic amines) is 1. The number of H-pyrrole nitrogens is 1. The van der Waals surface area contributed by atoms with E-state index in [9.17, 15) is 14.9 Å². The van der Waals surface area contributed by atoms with Crippen LogP contribution in [0.3, 0.4) is 0 Å². The molecule has 1 amide bonds. The van der Waals surface area contributed by atoms with Gasteiger partial charge in [-0.15, -0.1) is 0 Å². The number of benzene rings is 2. The molecule has 9 heteroatoms. The van der Waals surface area contributed by atoms with E-state index in [1.54, 1.807) is 11.0 Å². The Morgan fingerprint density at radius 2 is 1.85 bits per heavy atom. The van der Waals surface area contributed by atoms with Crippen molar-refractivity contribution in [3.05, 3.63) is 82.8 Å². The molecule has 0 bridgehead atoms. The van der Waals surface area contributed by atoms with Crippen molar-refractivity contribution in [2.24, 2.45) is 5.92 Å². The average molecular weight is 521 g/mol. The van der Waals surface area contributed by atoms with Crippen LogP contribution in [0.2, 0.25) is 0 Å². The Balaban J connectivity index is 1.34. The molecule has 2 aliphatic rings. The third-order valence-electron chi connectivity index (χ3n) is 7.38. The maximum atomic E-state index is 13.2. The molecule has 4 aromatic rings. The van der Waals surface area contributed by atoms with E-state index in [1.165, 1.54) is 0 Å². The maximum Gasteiger partial charge on any atom is 0.288 e. The number of nitrogens with one attached hydrogen (secondary N) is 1. The zero-order chi connectivity index (χ0) is 26.9. The van der Waals surface area contributed by atoms with Gasteiger partial charge in [0.1, 0.15) is 28.7 Å². The molecule has 2 fully saturated rings. The predicted octanol–water partition coefficient (Wildman–Crippen LogP) is 4.79. The third kappa shape index (κ3) is 4.89. The van der Waals surface area contributed by atoms with E-state index < -0.39 is 0 Å². The minimum absolute atomic E-state index is 0.150. The van der Waals surface area contributed by atoms with Gasteiger partial charge >= 0.3 is 0 Å². The summed E-state index contributed by atoms with van der Waals surface area (Å²) >= 11 is 0. The Bertz CT molecular complexity index is 1660. The van der Waals surface area contributed by atoms with Crippen LogP contribution in [-0.2, 0) is 4.79 Å². The van der Waals surface area contributed by atoms with Crippen molar-refractivity contribution in [1.82, 2.24) is 19.7 Å². The van der Waals surface area contributed by atoms with E-state index in [0.29, 0.717) is 35.7 Å². The molecule has 3 heterocycles. The first-order valence-electron chi connectivity index (χ1n) is 13.1. The lowest BCUT2D eigenvalue weighted by Gasteiger charge is -2.33. The second kappa shape index (κ2) is 10.1. The molecule has 1 saturated carbocycles. The molecule has 3 N–H and O–H groups in total. The number of nitrogens with two attached hydrogens (primary N) is 1. The number of amides is 1. The molecule has 1 aliphatic heterocycles.